The number of nitrogens with zero attached hydrogens (tertiary/aromatic N) is 1. The number of carbonyl (C=O) groups excluding carboxylic acids is 2. The lowest BCUT2D eigenvalue weighted by Crippen LogP contribution is -2.41. The molecule has 1 aromatic heterocycles. The maximum atomic E-state index is 12.0. The minimum Gasteiger partial charge on any atom is -0.465 e. The Morgan fingerprint density at radius 1 is 1.26 bits per heavy atom. The standard InChI is InChI=1S/C13H19NO4S/c1-5-17-11(15)13(4,12(16)18-6-2)7-10-8-19-9(3)14-10/h8H,5-7H2,1-4H3. The molecule has 5 nitrogen and oxygen atoms in total. The Bertz CT molecular complexity index is 437. The molecule has 0 aromatic carbocycles. The molecule has 0 amide bonds. The molecule has 1 heterocycles. The van der Waals surface area contributed by atoms with Crippen molar-refractivity contribution in [2.24, 2.45) is 5.41 Å². The number of ether oxygens (including phenoxy) is 2. The van der Waals surface area contributed by atoms with E-state index in [0.29, 0.717) is 5.69 Å². The molecule has 0 N–H and O–H groups in total. The molecular weight excluding hydrogens is 266 g/mol. The summed E-state index contributed by atoms with van der Waals surface area (Å²) >= 11 is 1.48. The Kier molecular flexibility index (Phi) is 5.47. The van der Waals surface area contributed by atoms with Crippen LogP contribution in [0.4, 0.5) is 0 Å². The maximum Gasteiger partial charge on any atom is 0.323 e. The molecule has 1 aromatic rings. The van der Waals surface area contributed by atoms with E-state index in [1.54, 1.807) is 13.8 Å². The molecular formula is C13H19NO4S. The fourth-order valence-electron chi connectivity index (χ4n) is 1.66. The number of aromatic nitrogens is 1. The zero-order chi connectivity index (χ0) is 14.5. The first-order chi connectivity index (χ1) is 8.93. The minimum absolute atomic E-state index is 0.189. The van der Waals surface area contributed by atoms with Gasteiger partial charge in [-0.15, -0.1) is 11.3 Å². The van der Waals surface area contributed by atoms with Crippen LogP contribution in [0.3, 0.4) is 0 Å². The average Bonchev–Trinajstić information content (AvgIpc) is 2.75. The number of rotatable bonds is 6. The monoisotopic (exact) mass is 285 g/mol. The van der Waals surface area contributed by atoms with E-state index in [0.717, 1.165) is 5.01 Å². The van der Waals surface area contributed by atoms with E-state index >= 15 is 0 Å². The van der Waals surface area contributed by atoms with Crippen LogP contribution in [0.2, 0.25) is 0 Å². The van der Waals surface area contributed by atoms with Gasteiger partial charge in [0.05, 0.1) is 23.9 Å². The summed E-state index contributed by atoms with van der Waals surface area (Å²) in [5, 5.41) is 2.73. The van der Waals surface area contributed by atoms with Crippen LogP contribution >= 0.6 is 11.3 Å². The predicted octanol–water partition coefficient (Wildman–Crippen LogP) is 2.13. The van der Waals surface area contributed by atoms with Gasteiger partial charge >= 0.3 is 11.9 Å². The fraction of sp³-hybridized carbons (Fsp3) is 0.615. The Labute approximate surface area is 116 Å². The highest BCUT2D eigenvalue weighted by Crippen LogP contribution is 2.27. The number of hydrogen-bond donors (Lipinski definition) is 0. The van der Waals surface area contributed by atoms with E-state index in [9.17, 15) is 9.59 Å². The van der Waals surface area contributed by atoms with Gasteiger partial charge in [0.15, 0.2) is 5.41 Å². The van der Waals surface area contributed by atoms with E-state index in [4.69, 9.17) is 9.47 Å². The van der Waals surface area contributed by atoms with Crippen molar-refractivity contribution in [2.45, 2.75) is 34.1 Å². The van der Waals surface area contributed by atoms with Crippen LogP contribution < -0.4 is 0 Å². The Morgan fingerprint density at radius 2 is 1.79 bits per heavy atom. The zero-order valence-electron chi connectivity index (χ0n) is 11.7. The zero-order valence-corrected chi connectivity index (χ0v) is 12.5. The Balaban J connectivity index is 2.97. The lowest BCUT2D eigenvalue weighted by Gasteiger charge is -2.24. The molecule has 1 rings (SSSR count). The van der Waals surface area contributed by atoms with E-state index in [1.165, 1.54) is 18.3 Å². The second-order valence-electron chi connectivity index (χ2n) is 4.31. The molecule has 19 heavy (non-hydrogen) atoms. The second kappa shape index (κ2) is 6.65. The Morgan fingerprint density at radius 3 is 2.16 bits per heavy atom. The molecule has 0 saturated carbocycles. The van der Waals surface area contributed by atoms with Crippen molar-refractivity contribution in [3.05, 3.63) is 16.1 Å². The average molecular weight is 285 g/mol. The predicted molar refractivity (Wildman–Crippen MR) is 71.9 cm³/mol. The number of esters is 2. The lowest BCUT2D eigenvalue weighted by molar-refractivity contribution is -0.170. The third kappa shape index (κ3) is 3.76. The fourth-order valence-corrected chi connectivity index (χ4v) is 2.27. The smallest absolute Gasteiger partial charge is 0.323 e. The highest BCUT2D eigenvalue weighted by Gasteiger charge is 2.44. The summed E-state index contributed by atoms with van der Waals surface area (Å²) < 4.78 is 9.98. The van der Waals surface area contributed by atoms with Gasteiger partial charge in [0.2, 0.25) is 0 Å². The summed E-state index contributed by atoms with van der Waals surface area (Å²) in [7, 11) is 0. The van der Waals surface area contributed by atoms with Crippen LogP contribution in [0.15, 0.2) is 5.38 Å². The van der Waals surface area contributed by atoms with Gasteiger partial charge in [0, 0.05) is 11.8 Å². The van der Waals surface area contributed by atoms with Gasteiger partial charge in [-0.2, -0.15) is 0 Å². The normalized spacial score (nSPS) is 11.2. The van der Waals surface area contributed by atoms with Crippen molar-refractivity contribution in [3.8, 4) is 0 Å². The first kappa shape index (κ1) is 15.6. The number of hydrogen-bond acceptors (Lipinski definition) is 6. The second-order valence-corrected chi connectivity index (χ2v) is 5.37. The van der Waals surface area contributed by atoms with E-state index in [1.807, 2.05) is 12.3 Å². The van der Waals surface area contributed by atoms with Crippen LogP contribution in [-0.4, -0.2) is 30.1 Å². The van der Waals surface area contributed by atoms with Gasteiger partial charge in [0.25, 0.3) is 0 Å². The Hall–Kier alpha value is -1.43. The summed E-state index contributed by atoms with van der Waals surface area (Å²) in [6.45, 7) is 7.28. The van der Waals surface area contributed by atoms with Gasteiger partial charge in [-0.25, -0.2) is 4.98 Å². The number of thiazole rings is 1. The van der Waals surface area contributed by atoms with Crippen molar-refractivity contribution in [2.75, 3.05) is 13.2 Å². The first-order valence-corrected chi connectivity index (χ1v) is 7.07. The molecule has 0 aliphatic carbocycles. The number of carbonyl (C=O) groups is 2. The van der Waals surface area contributed by atoms with Crippen LogP contribution in [0, 0.1) is 12.3 Å². The minimum atomic E-state index is -1.34. The van der Waals surface area contributed by atoms with E-state index in [-0.39, 0.29) is 19.6 Å². The largest absolute Gasteiger partial charge is 0.465 e. The molecule has 0 fully saturated rings. The maximum absolute atomic E-state index is 12.0. The van der Waals surface area contributed by atoms with Gasteiger partial charge < -0.3 is 9.47 Å². The highest BCUT2D eigenvalue weighted by molar-refractivity contribution is 7.09. The topological polar surface area (TPSA) is 65.5 Å². The van der Waals surface area contributed by atoms with E-state index in [2.05, 4.69) is 4.98 Å². The van der Waals surface area contributed by atoms with Crippen LogP contribution in [0.1, 0.15) is 31.5 Å². The highest BCUT2D eigenvalue weighted by atomic mass is 32.1. The SMILES string of the molecule is CCOC(=O)C(C)(Cc1csc(C)n1)C(=O)OCC. The van der Waals surface area contributed by atoms with Crippen LogP contribution in [0.25, 0.3) is 0 Å². The van der Waals surface area contributed by atoms with Crippen molar-refractivity contribution in [1.82, 2.24) is 4.98 Å². The molecule has 0 saturated heterocycles. The molecule has 0 bridgehead atoms. The van der Waals surface area contributed by atoms with Gasteiger partial charge in [-0.05, 0) is 27.7 Å². The molecule has 0 aliphatic heterocycles. The van der Waals surface area contributed by atoms with E-state index < -0.39 is 17.4 Å². The quantitative estimate of drug-likeness (QED) is 0.591. The van der Waals surface area contributed by atoms with Crippen LogP contribution in [0.5, 0.6) is 0 Å². The summed E-state index contributed by atoms with van der Waals surface area (Å²) in [5.74, 6) is -1.14. The molecule has 0 aliphatic rings. The van der Waals surface area contributed by atoms with Gasteiger partial charge in [-0.3, -0.25) is 9.59 Å². The summed E-state index contributed by atoms with van der Waals surface area (Å²) in [5.41, 5.74) is -0.641. The molecule has 0 radical (unpaired) electrons. The summed E-state index contributed by atoms with van der Waals surface area (Å²) in [6, 6.07) is 0. The van der Waals surface area contributed by atoms with Gasteiger partial charge in [0.1, 0.15) is 0 Å². The van der Waals surface area contributed by atoms with Crippen molar-refractivity contribution >= 4 is 23.3 Å². The van der Waals surface area contributed by atoms with Crippen molar-refractivity contribution in [3.63, 3.8) is 0 Å². The van der Waals surface area contributed by atoms with Crippen molar-refractivity contribution in [1.29, 1.82) is 0 Å². The summed E-state index contributed by atoms with van der Waals surface area (Å²) in [4.78, 5) is 28.4. The molecule has 6 heteroatoms. The van der Waals surface area contributed by atoms with Gasteiger partial charge in [-0.1, -0.05) is 0 Å². The molecule has 0 atom stereocenters. The van der Waals surface area contributed by atoms with Crippen LogP contribution in [-0.2, 0) is 25.5 Å². The first-order valence-electron chi connectivity index (χ1n) is 6.19. The van der Waals surface area contributed by atoms with Crippen molar-refractivity contribution < 1.29 is 19.1 Å². The lowest BCUT2D eigenvalue weighted by atomic mass is 9.85. The third-order valence-corrected chi connectivity index (χ3v) is 3.48. The number of aryl methyl sites for hydroxylation is 1. The summed E-state index contributed by atoms with van der Waals surface area (Å²) in [6.07, 6.45) is 0.189. The molecule has 0 unspecified atom stereocenters. The molecule has 106 valence electrons. The third-order valence-electron chi connectivity index (χ3n) is 2.65. The molecule has 0 spiro atoms.